The number of hydrogen-bond acceptors (Lipinski definition) is 4. The van der Waals surface area contributed by atoms with E-state index < -0.39 is 0 Å². The van der Waals surface area contributed by atoms with E-state index in [-0.39, 0.29) is 23.0 Å². The molecule has 0 radical (unpaired) electrons. The minimum atomic E-state index is -0.387. The van der Waals surface area contributed by atoms with Gasteiger partial charge in [-0.05, 0) is 36.2 Å². The molecule has 1 amide bonds. The smallest absolute Gasteiger partial charge is 0.255 e. The quantitative estimate of drug-likeness (QED) is 0.786. The molecule has 0 atom stereocenters. The Morgan fingerprint density at radius 3 is 2.62 bits per heavy atom. The van der Waals surface area contributed by atoms with Gasteiger partial charge >= 0.3 is 0 Å². The van der Waals surface area contributed by atoms with Crippen LogP contribution < -0.4 is 10.1 Å². The fourth-order valence-electron chi connectivity index (χ4n) is 1.95. The molecule has 2 rings (SSSR count). The summed E-state index contributed by atoms with van der Waals surface area (Å²) < 4.78 is 5.03. The molecule has 2 aromatic carbocycles. The van der Waals surface area contributed by atoms with Crippen LogP contribution >= 0.6 is 0 Å². The van der Waals surface area contributed by atoms with Crippen LogP contribution in [0.5, 0.6) is 17.2 Å². The van der Waals surface area contributed by atoms with E-state index in [0.29, 0.717) is 18.7 Å². The second-order valence-corrected chi connectivity index (χ2v) is 4.52. The zero-order chi connectivity index (χ0) is 15.2. The Bertz CT molecular complexity index is 640. The first-order valence-electron chi connectivity index (χ1n) is 6.54. The average Bonchev–Trinajstić information content (AvgIpc) is 2.49. The molecule has 0 fully saturated rings. The van der Waals surface area contributed by atoms with Crippen LogP contribution in [0.15, 0.2) is 42.5 Å². The Balaban J connectivity index is 1.98. The molecule has 0 unspecified atom stereocenters. The fourth-order valence-corrected chi connectivity index (χ4v) is 1.95. The van der Waals surface area contributed by atoms with Crippen LogP contribution in [0.2, 0.25) is 0 Å². The van der Waals surface area contributed by atoms with Crippen molar-refractivity contribution in [2.75, 3.05) is 13.7 Å². The second-order valence-electron chi connectivity index (χ2n) is 4.52. The van der Waals surface area contributed by atoms with Gasteiger partial charge in [0.2, 0.25) is 0 Å². The van der Waals surface area contributed by atoms with Gasteiger partial charge in [0.1, 0.15) is 17.2 Å². The number of amides is 1. The number of hydrogen-bond donors (Lipinski definition) is 3. The van der Waals surface area contributed by atoms with Crippen molar-refractivity contribution in [1.82, 2.24) is 5.32 Å². The number of aromatic hydroxyl groups is 2. The van der Waals surface area contributed by atoms with Crippen molar-refractivity contribution in [3.05, 3.63) is 53.6 Å². The maximum atomic E-state index is 12.0. The predicted molar refractivity (Wildman–Crippen MR) is 78.8 cm³/mol. The summed E-state index contributed by atoms with van der Waals surface area (Å²) in [6, 6.07) is 11.4. The highest BCUT2D eigenvalue weighted by Gasteiger charge is 2.12. The van der Waals surface area contributed by atoms with Crippen LogP contribution in [0, 0.1) is 0 Å². The second kappa shape index (κ2) is 6.65. The summed E-state index contributed by atoms with van der Waals surface area (Å²) in [6.07, 6.45) is 0.503. The molecule has 0 aromatic heterocycles. The monoisotopic (exact) mass is 287 g/mol. The van der Waals surface area contributed by atoms with Gasteiger partial charge in [0.05, 0.1) is 12.7 Å². The zero-order valence-corrected chi connectivity index (χ0v) is 11.7. The van der Waals surface area contributed by atoms with Gasteiger partial charge in [-0.25, -0.2) is 0 Å². The normalized spacial score (nSPS) is 10.1. The number of rotatable bonds is 5. The number of benzene rings is 2. The predicted octanol–water partition coefficient (Wildman–Crippen LogP) is 2.08. The highest BCUT2D eigenvalue weighted by molar-refractivity contribution is 5.97. The number of nitrogens with one attached hydrogen (secondary N) is 1. The van der Waals surface area contributed by atoms with E-state index in [9.17, 15) is 15.0 Å². The van der Waals surface area contributed by atoms with E-state index in [1.54, 1.807) is 24.3 Å². The molecule has 0 saturated heterocycles. The molecule has 2 aromatic rings. The molecular formula is C16H17NO4. The third-order valence-electron chi connectivity index (χ3n) is 3.12. The highest BCUT2D eigenvalue weighted by Crippen LogP contribution is 2.22. The van der Waals surface area contributed by atoms with E-state index in [4.69, 9.17) is 4.74 Å². The van der Waals surface area contributed by atoms with Gasteiger partial charge in [0.15, 0.2) is 0 Å². The maximum absolute atomic E-state index is 12.0. The number of para-hydroxylation sites is 1. The van der Waals surface area contributed by atoms with Crippen molar-refractivity contribution in [1.29, 1.82) is 0 Å². The minimum Gasteiger partial charge on any atom is -0.508 e. The average molecular weight is 287 g/mol. The topological polar surface area (TPSA) is 78.8 Å². The summed E-state index contributed by atoms with van der Waals surface area (Å²) in [4.78, 5) is 12.0. The van der Waals surface area contributed by atoms with Gasteiger partial charge in [-0.2, -0.15) is 0 Å². The zero-order valence-electron chi connectivity index (χ0n) is 11.7. The molecule has 0 bridgehead atoms. The van der Waals surface area contributed by atoms with Crippen molar-refractivity contribution >= 4 is 5.91 Å². The van der Waals surface area contributed by atoms with E-state index in [1.165, 1.54) is 19.2 Å². The third-order valence-corrected chi connectivity index (χ3v) is 3.12. The van der Waals surface area contributed by atoms with Crippen LogP contribution in [0.1, 0.15) is 15.9 Å². The fraction of sp³-hybridized carbons (Fsp3) is 0.188. The van der Waals surface area contributed by atoms with E-state index >= 15 is 0 Å². The van der Waals surface area contributed by atoms with Crippen LogP contribution in [-0.4, -0.2) is 29.8 Å². The van der Waals surface area contributed by atoms with Crippen molar-refractivity contribution in [2.45, 2.75) is 6.42 Å². The summed E-state index contributed by atoms with van der Waals surface area (Å²) >= 11 is 0. The molecular weight excluding hydrogens is 270 g/mol. The van der Waals surface area contributed by atoms with Gasteiger partial charge in [0, 0.05) is 6.54 Å². The van der Waals surface area contributed by atoms with Gasteiger partial charge in [-0.15, -0.1) is 0 Å². The summed E-state index contributed by atoms with van der Waals surface area (Å²) in [5.41, 5.74) is 0.916. The molecule has 110 valence electrons. The Hall–Kier alpha value is -2.69. The van der Waals surface area contributed by atoms with E-state index in [0.717, 1.165) is 5.56 Å². The SMILES string of the molecule is COc1ccc(O)c(C(=O)NCCc2ccccc2O)c1. The van der Waals surface area contributed by atoms with Crippen molar-refractivity contribution < 1.29 is 19.7 Å². The van der Waals surface area contributed by atoms with Crippen molar-refractivity contribution in [3.8, 4) is 17.2 Å². The molecule has 0 spiro atoms. The lowest BCUT2D eigenvalue weighted by molar-refractivity contribution is 0.0951. The van der Waals surface area contributed by atoms with Gasteiger partial charge in [-0.3, -0.25) is 4.79 Å². The first-order chi connectivity index (χ1) is 10.1. The molecule has 0 saturated carbocycles. The maximum Gasteiger partial charge on any atom is 0.255 e. The van der Waals surface area contributed by atoms with Gasteiger partial charge in [-0.1, -0.05) is 18.2 Å². The van der Waals surface area contributed by atoms with Crippen molar-refractivity contribution in [3.63, 3.8) is 0 Å². The Labute approximate surface area is 122 Å². The number of phenols is 2. The van der Waals surface area contributed by atoms with Crippen molar-refractivity contribution in [2.24, 2.45) is 0 Å². The van der Waals surface area contributed by atoms with Crippen LogP contribution in [-0.2, 0) is 6.42 Å². The van der Waals surface area contributed by atoms with Gasteiger partial charge in [0.25, 0.3) is 5.91 Å². The number of methoxy groups -OCH3 is 1. The Morgan fingerprint density at radius 1 is 1.14 bits per heavy atom. The molecule has 0 aliphatic carbocycles. The van der Waals surface area contributed by atoms with Crippen LogP contribution in [0.25, 0.3) is 0 Å². The molecule has 0 aliphatic heterocycles. The lowest BCUT2D eigenvalue weighted by Crippen LogP contribution is -2.25. The first-order valence-corrected chi connectivity index (χ1v) is 6.54. The lowest BCUT2D eigenvalue weighted by atomic mass is 10.1. The summed E-state index contributed by atoms with van der Waals surface area (Å²) in [5, 5.41) is 22.0. The highest BCUT2D eigenvalue weighted by atomic mass is 16.5. The van der Waals surface area contributed by atoms with Crippen LogP contribution in [0.3, 0.4) is 0 Å². The summed E-state index contributed by atoms with van der Waals surface area (Å²) in [7, 11) is 1.49. The molecule has 0 heterocycles. The number of carbonyl (C=O) groups is 1. The van der Waals surface area contributed by atoms with E-state index in [1.807, 2.05) is 6.07 Å². The third kappa shape index (κ3) is 3.66. The lowest BCUT2D eigenvalue weighted by Gasteiger charge is -2.09. The standard InChI is InChI=1S/C16H17NO4/c1-21-12-6-7-15(19)13(10-12)16(20)17-9-8-11-4-2-3-5-14(11)18/h2-7,10,18-19H,8-9H2,1H3,(H,17,20). The van der Waals surface area contributed by atoms with Gasteiger partial charge < -0.3 is 20.3 Å². The van der Waals surface area contributed by atoms with E-state index in [2.05, 4.69) is 5.32 Å². The molecule has 3 N–H and O–H groups in total. The molecule has 5 heteroatoms. The summed E-state index contributed by atoms with van der Waals surface area (Å²) in [5.74, 6) is 0.215. The summed E-state index contributed by atoms with van der Waals surface area (Å²) in [6.45, 7) is 0.354. The number of ether oxygens (including phenoxy) is 1. The number of phenolic OH excluding ortho intramolecular Hbond substituents is 2. The minimum absolute atomic E-state index is 0.101. The molecule has 0 aliphatic rings. The molecule has 21 heavy (non-hydrogen) atoms. The Morgan fingerprint density at radius 2 is 1.90 bits per heavy atom. The first kappa shape index (κ1) is 14.7. The van der Waals surface area contributed by atoms with Crippen LogP contribution in [0.4, 0.5) is 0 Å². The largest absolute Gasteiger partial charge is 0.508 e. The molecule has 5 nitrogen and oxygen atoms in total. The number of carbonyl (C=O) groups excluding carboxylic acids is 1. The Kier molecular flexibility index (Phi) is 4.66.